The summed E-state index contributed by atoms with van der Waals surface area (Å²) in [4.78, 5) is 11.7. The van der Waals surface area contributed by atoms with Crippen LogP contribution in [0, 0.1) is 11.3 Å². The highest BCUT2D eigenvalue weighted by Gasteiger charge is 2.05. The molecule has 19 heavy (non-hydrogen) atoms. The Balaban J connectivity index is 2.36. The van der Waals surface area contributed by atoms with Crippen LogP contribution in [0.5, 0.6) is 0 Å². The molecule has 0 aliphatic heterocycles. The van der Waals surface area contributed by atoms with Crippen LogP contribution in [0.2, 0.25) is 5.02 Å². The number of amides is 1. The van der Waals surface area contributed by atoms with E-state index in [2.05, 4.69) is 5.32 Å². The molecule has 1 amide bonds. The second-order valence-electron chi connectivity index (χ2n) is 4.31. The van der Waals surface area contributed by atoms with Crippen LogP contribution in [0.25, 0.3) is 0 Å². The van der Waals surface area contributed by atoms with Gasteiger partial charge in [0.25, 0.3) is 0 Å². The van der Waals surface area contributed by atoms with E-state index in [-0.39, 0.29) is 5.91 Å². The number of rotatable bonds is 7. The molecule has 0 atom stereocenters. The third-order valence-electron chi connectivity index (χ3n) is 2.73. The van der Waals surface area contributed by atoms with E-state index in [1.165, 1.54) is 0 Å². The fourth-order valence-corrected chi connectivity index (χ4v) is 1.91. The van der Waals surface area contributed by atoms with Gasteiger partial charge in [0.15, 0.2) is 0 Å². The standard InChI is InChI=1S/C14H18ClN3O/c15-13-9-12(7-6-11(13)10-17)18-14(19)5-3-1-2-4-8-16/h6-7,9H,1-5,8,16H2,(H,18,19). The van der Waals surface area contributed by atoms with Crippen LogP contribution >= 0.6 is 11.6 Å². The lowest BCUT2D eigenvalue weighted by atomic mass is 10.1. The number of nitrogens with one attached hydrogen (secondary N) is 1. The Hall–Kier alpha value is -1.57. The van der Waals surface area contributed by atoms with Gasteiger partial charge in [0, 0.05) is 12.1 Å². The molecule has 5 heteroatoms. The van der Waals surface area contributed by atoms with Crippen molar-refractivity contribution in [1.82, 2.24) is 0 Å². The maximum absolute atomic E-state index is 11.7. The number of nitrogens with two attached hydrogens (primary N) is 1. The Kier molecular flexibility index (Phi) is 6.94. The summed E-state index contributed by atoms with van der Waals surface area (Å²) in [6.07, 6.45) is 4.43. The number of halogens is 1. The van der Waals surface area contributed by atoms with Crippen molar-refractivity contribution >= 4 is 23.2 Å². The van der Waals surface area contributed by atoms with E-state index in [0.717, 1.165) is 25.7 Å². The Morgan fingerprint density at radius 3 is 2.68 bits per heavy atom. The summed E-state index contributed by atoms with van der Waals surface area (Å²) in [6, 6.07) is 6.84. The number of hydrogen-bond acceptors (Lipinski definition) is 3. The summed E-state index contributed by atoms with van der Waals surface area (Å²) in [7, 11) is 0. The number of nitriles is 1. The number of hydrogen-bond donors (Lipinski definition) is 2. The van der Waals surface area contributed by atoms with Gasteiger partial charge in [0.05, 0.1) is 10.6 Å². The molecule has 0 heterocycles. The van der Waals surface area contributed by atoms with Gasteiger partial charge in [-0.15, -0.1) is 0 Å². The molecule has 0 aliphatic rings. The third-order valence-corrected chi connectivity index (χ3v) is 3.04. The molecule has 0 fully saturated rings. The first-order chi connectivity index (χ1) is 9.17. The highest BCUT2D eigenvalue weighted by atomic mass is 35.5. The van der Waals surface area contributed by atoms with Crippen molar-refractivity contribution in [3.05, 3.63) is 28.8 Å². The second kappa shape index (κ2) is 8.52. The minimum Gasteiger partial charge on any atom is -0.330 e. The highest BCUT2D eigenvalue weighted by molar-refractivity contribution is 6.32. The van der Waals surface area contributed by atoms with Gasteiger partial charge in [-0.1, -0.05) is 24.4 Å². The summed E-state index contributed by atoms with van der Waals surface area (Å²) in [5, 5.41) is 11.9. The summed E-state index contributed by atoms with van der Waals surface area (Å²) < 4.78 is 0. The minimum atomic E-state index is -0.0338. The van der Waals surface area contributed by atoms with Crippen molar-refractivity contribution in [1.29, 1.82) is 5.26 Å². The lowest BCUT2D eigenvalue weighted by molar-refractivity contribution is -0.116. The van der Waals surface area contributed by atoms with Crippen LogP contribution in [-0.4, -0.2) is 12.5 Å². The Morgan fingerprint density at radius 2 is 2.05 bits per heavy atom. The van der Waals surface area contributed by atoms with Crippen LogP contribution in [0.15, 0.2) is 18.2 Å². The zero-order valence-corrected chi connectivity index (χ0v) is 11.5. The monoisotopic (exact) mass is 279 g/mol. The number of nitrogens with zero attached hydrogens (tertiary/aromatic N) is 1. The van der Waals surface area contributed by atoms with Crippen molar-refractivity contribution in [2.24, 2.45) is 5.73 Å². The molecule has 0 saturated carbocycles. The number of carbonyl (C=O) groups is 1. The fraction of sp³-hybridized carbons (Fsp3) is 0.429. The van der Waals surface area contributed by atoms with E-state index in [1.54, 1.807) is 18.2 Å². The predicted octanol–water partition coefficient (Wildman–Crippen LogP) is 3.06. The van der Waals surface area contributed by atoms with Crippen molar-refractivity contribution in [3.8, 4) is 6.07 Å². The number of benzene rings is 1. The molecule has 0 bridgehead atoms. The van der Waals surface area contributed by atoms with Crippen LogP contribution < -0.4 is 11.1 Å². The van der Waals surface area contributed by atoms with Crippen LogP contribution in [0.1, 0.15) is 37.7 Å². The predicted molar refractivity (Wildman–Crippen MR) is 76.9 cm³/mol. The van der Waals surface area contributed by atoms with E-state index in [9.17, 15) is 4.79 Å². The van der Waals surface area contributed by atoms with Gasteiger partial charge >= 0.3 is 0 Å². The SMILES string of the molecule is N#Cc1ccc(NC(=O)CCCCCCN)cc1Cl. The molecular weight excluding hydrogens is 262 g/mol. The van der Waals surface area contributed by atoms with Crippen LogP contribution in [-0.2, 0) is 4.79 Å². The van der Waals surface area contributed by atoms with Gasteiger partial charge in [-0.3, -0.25) is 4.79 Å². The lowest BCUT2D eigenvalue weighted by Gasteiger charge is -2.06. The normalized spacial score (nSPS) is 9.95. The molecule has 0 saturated heterocycles. The van der Waals surface area contributed by atoms with Gasteiger partial charge in [0.2, 0.25) is 5.91 Å². The summed E-state index contributed by atoms with van der Waals surface area (Å²) >= 11 is 5.89. The first-order valence-electron chi connectivity index (χ1n) is 6.37. The van der Waals surface area contributed by atoms with E-state index >= 15 is 0 Å². The summed E-state index contributed by atoms with van der Waals surface area (Å²) in [5.41, 5.74) is 6.42. The summed E-state index contributed by atoms with van der Waals surface area (Å²) in [6.45, 7) is 0.704. The Bertz CT molecular complexity index is 468. The Labute approximate surface area is 118 Å². The second-order valence-corrected chi connectivity index (χ2v) is 4.71. The van der Waals surface area contributed by atoms with Gasteiger partial charge in [0.1, 0.15) is 6.07 Å². The molecule has 1 rings (SSSR count). The van der Waals surface area contributed by atoms with Crippen molar-refractivity contribution in [3.63, 3.8) is 0 Å². The maximum atomic E-state index is 11.7. The number of unbranched alkanes of at least 4 members (excludes halogenated alkanes) is 3. The molecule has 1 aromatic rings. The molecule has 0 radical (unpaired) electrons. The number of anilines is 1. The van der Waals surface area contributed by atoms with Gasteiger partial charge in [-0.2, -0.15) is 5.26 Å². The van der Waals surface area contributed by atoms with E-state index < -0.39 is 0 Å². The average molecular weight is 280 g/mol. The molecule has 0 aromatic heterocycles. The maximum Gasteiger partial charge on any atom is 0.224 e. The van der Waals surface area contributed by atoms with Crippen molar-refractivity contribution in [2.75, 3.05) is 11.9 Å². The smallest absolute Gasteiger partial charge is 0.224 e. The molecule has 102 valence electrons. The fourth-order valence-electron chi connectivity index (χ4n) is 1.69. The molecular formula is C14H18ClN3O. The third kappa shape index (κ3) is 5.73. The quantitative estimate of drug-likeness (QED) is 0.753. The van der Waals surface area contributed by atoms with Gasteiger partial charge in [-0.25, -0.2) is 0 Å². The Morgan fingerprint density at radius 1 is 1.32 bits per heavy atom. The zero-order valence-electron chi connectivity index (χ0n) is 10.8. The lowest BCUT2D eigenvalue weighted by Crippen LogP contribution is -2.11. The molecule has 0 spiro atoms. The number of carbonyl (C=O) groups excluding carboxylic acids is 1. The largest absolute Gasteiger partial charge is 0.330 e. The first-order valence-corrected chi connectivity index (χ1v) is 6.74. The molecule has 0 aliphatic carbocycles. The molecule has 3 N–H and O–H groups in total. The molecule has 4 nitrogen and oxygen atoms in total. The van der Waals surface area contributed by atoms with Gasteiger partial charge in [-0.05, 0) is 37.6 Å². The van der Waals surface area contributed by atoms with E-state index in [4.69, 9.17) is 22.6 Å². The zero-order chi connectivity index (χ0) is 14.1. The molecule has 1 aromatic carbocycles. The van der Waals surface area contributed by atoms with E-state index in [1.807, 2.05) is 6.07 Å². The van der Waals surface area contributed by atoms with E-state index in [0.29, 0.717) is 29.2 Å². The first kappa shape index (κ1) is 15.5. The highest BCUT2D eigenvalue weighted by Crippen LogP contribution is 2.20. The van der Waals surface area contributed by atoms with Crippen molar-refractivity contribution < 1.29 is 4.79 Å². The van der Waals surface area contributed by atoms with Crippen LogP contribution in [0.3, 0.4) is 0 Å². The van der Waals surface area contributed by atoms with Crippen LogP contribution in [0.4, 0.5) is 5.69 Å². The van der Waals surface area contributed by atoms with Gasteiger partial charge < -0.3 is 11.1 Å². The molecule has 0 unspecified atom stereocenters. The van der Waals surface area contributed by atoms with Crippen molar-refractivity contribution in [2.45, 2.75) is 32.1 Å². The average Bonchev–Trinajstić information content (AvgIpc) is 2.39. The summed E-state index contributed by atoms with van der Waals surface area (Å²) in [5.74, 6) is -0.0338. The topological polar surface area (TPSA) is 78.9 Å². The minimum absolute atomic E-state index is 0.0338.